The number of carbonyl (C=O) groups excluding carboxylic acids is 1. The lowest BCUT2D eigenvalue weighted by Gasteiger charge is -1.71. The summed E-state index contributed by atoms with van der Waals surface area (Å²) >= 11 is 0. The molecule has 0 radical (unpaired) electrons. The van der Waals surface area contributed by atoms with Crippen LogP contribution in [-0.4, -0.2) is 15.1 Å². The van der Waals surface area contributed by atoms with E-state index < -0.39 is 9.68 Å². The van der Waals surface area contributed by atoms with Gasteiger partial charge in [-0.2, -0.15) is 0 Å². The fourth-order valence-electron chi connectivity index (χ4n) is 0. The molecule has 0 aliphatic carbocycles. The fraction of sp³-hybridized carbons (Fsp3) is 0.500. The summed E-state index contributed by atoms with van der Waals surface area (Å²) < 4.78 is 0. The molecule has 30 valence electrons. The maximum absolute atomic E-state index is 9.75. The predicted molar refractivity (Wildman–Crippen MR) is 23.4 cm³/mol. The van der Waals surface area contributed by atoms with Gasteiger partial charge in [-0.25, -0.2) is 0 Å². The van der Waals surface area contributed by atoms with Crippen LogP contribution in [0.5, 0.6) is 0 Å². The van der Waals surface area contributed by atoms with Crippen LogP contribution in [0.2, 0.25) is 0 Å². The smallest absolute Gasteiger partial charge is 0.167 e. The van der Waals surface area contributed by atoms with Crippen molar-refractivity contribution in [3.63, 3.8) is 0 Å². The zero-order chi connectivity index (χ0) is 4.28. The first-order valence-corrected chi connectivity index (χ1v) is 2.99. The molecule has 0 aliphatic heterocycles. The Bertz CT molecular complexity index is 44.9. The molecule has 2 N–H and O–H groups in total. The number of carbonyl (C=O) groups is 1. The molecule has 0 aromatic rings. The molecule has 2 nitrogen and oxygen atoms in total. The average molecular weight is 89.2 g/mol. The lowest BCUT2D eigenvalue weighted by Crippen LogP contribution is -2.13. The number of hydrogen-bond donors (Lipinski definition) is 1. The minimum Gasteiger partial charge on any atom is -0.350 e. The summed E-state index contributed by atoms with van der Waals surface area (Å²) in [6.07, 6.45) is 0. The standard InChI is InChI=1S/C2H7NOSi/c1-2(4)5-3/h3,5H2,1H3. The van der Waals surface area contributed by atoms with E-state index in [1.807, 2.05) is 0 Å². The predicted octanol–water partition coefficient (Wildman–Crippen LogP) is -1.42. The molecule has 0 unspecified atom stereocenters. The van der Waals surface area contributed by atoms with Gasteiger partial charge in [-0.05, 0) is 6.92 Å². The second-order valence-corrected chi connectivity index (χ2v) is 2.31. The third kappa shape index (κ3) is 3.85. The van der Waals surface area contributed by atoms with Crippen LogP contribution in [0.3, 0.4) is 0 Å². The first-order valence-electron chi connectivity index (χ1n) is 1.47. The molecule has 0 spiro atoms. The summed E-state index contributed by atoms with van der Waals surface area (Å²) in [6, 6.07) is 0. The Morgan fingerprint density at radius 1 is 2.00 bits per heavy atom. The van der Waals surface area contributed by atoms with Crippen molar-refractivity contribution < 1.29 is 4.79 Å². The molecule has 5 heavy (non-hydrogen) atoms. The maximum Gasteiger partial charge on any atom is 0.167 e. The van der Waals surface area contributed by atoms with Crippen LogP contribution in [0.1, 0.15) is 6.92 Å². The van der Waals surface area contributed by atoms with Crippen molar-refractivity contribution in [3.8, 4) is 0 Å². The van der Waals surface area contributed by atoms with Gasteiger partial charge in [-0.1, -0.05) is 0 Å². The third-order valence-electron chi connectivity index (χ3n) is 0.287. The summed E-state index contributed by atoms with van der Waals surface area (Å²) in [5.74, 6) is 0. The van der Waals surface area contributed by atoms with Gasteiger partial charge in [0.15, 0.2) is 9.68 Å². The lowest BCUT2D eigenvalue weighted by atomic mass is 10.9. The van der Waals surface area contributed by atoms with Crippen LogP contribution in [0, 0.1) is 0 Å². The molecule has 0 heterocycles. The number of nitrogens with two attached hydrogens (primary N) is 1. The highest BCUT2D eigenvalue weighted by molar-refractivity contribution is 6.70. The van der Waals surface area contributed by atoms with E-state index in [9.17, 15) is 4.79 Å². The molecule has 0 bridgehead atoms. The van der Waals surface area contributed by atoms with Crippen molar-refractivity contribution >= 4 is 15.1 Å². The van der Waals surface area contributed by atoms with Crippen LogP contribution in [0.15, 0.2) is 0 Å². The first kappa shape index (κ1) is 4.85. The molecule has 0 aromatic carbocycles. The van der Waals surface area contributed by atoms with Gasteiger partial charge in [0, 0.05) is 0 Å². The number of hydrogen-bond acceptors (Lipinski definition) is 2. The van der Waals surface area contributed by atoms with E-state index >= 15 is 0 Å². The van der Waals surface area contributed by atoms with Gasteiger partial charge < -0.3 is 10.2 Å². The Labute approximate surface area is 33.3 Å². The minimum atomic E-state index is -0.790. The Kier molecular flexibility index (Phi) is 2.04. The monoisotopic (exact) mass is 89.0 g/mol. The second kappa shape index (κ2) is 2.11. The Morgan fingerprint density at radius 3 is 2.20 bits per heavy atom. The molecule has 0 saturated heterocycles. The largest absolute Gasteiger partial charge is 0.350 e. The highest BCUT2D eigenvalue weighted by Gasteiger charge is 1.79. The molecule has 0 fully saturated rings. The van der Waals surface area contributed by atoms with Crippen molar-refractivity contribution in [2.24, 2.45) is 5.40 Å². The quantitative estimate of drug-likeness (QED) is 0.400. The van der Waals surface area contributed by atoms with Crippen molar-refractivity contribution in [1.29, 1.82) is 0 Å². The van der Waals surface area contributed by atoms with Gasteiger partial charge in [0.25, 0.3) is 0 Å². The van der Waals surface area contributed by atoms with Gasteiger partial charge in [0.05, 0.1) is 0 Å². The molecule has 0 aliphatic rings. The zero-order valence-corrected chi connectivity index (χ0v) is 4.61. The van der Waals surface area contributed by atoms with Crippen molar-refractivity contribution in [1.82, 2.24) is 0 Å². The van der Waals surface area contributed by atoms with Crippen LogP contribution in [0.25, 0.3) is 0 Å². The average Bonchev–Trinajstić information content (AvgIpc) is 1.38. The zero-order valence-electron chi connectivity index (χ0n) is 3.19. The van der Waals surface area contributed by atoms with Crippen molar-refractivity contribution in [2.45, 2.75) is 6.92 Å². The highest BCUT2D eigenvalue weighted by atomic mass is 28.2. The van der Waals surface area contributed by atoms with E-state index in [0.717, 1.165) is 0 Å². The SMILES string of the molecule is CC(=O)[SiH2]N. The molecule has 0 atom stereocenters. The summed E-state index contributed by atoms with van der Waals surface area (Å²) in [5.41, 5.74) is 0. The summed E-state index contributed by atoms with van der Waals surface area (Å²) in [7, 11) is -0.790. The Balaban J connectivity index is 2.85. The second-order valence-electron chi connectivity index (χ2n) is 0.906. The first-order chi connectivity index (χ1) is 2.27. The van der Waals surface area contributed by atoms with Gasteiger partial charge in [-0.3, -0.25) is 0 Å². The van der Waals surface area contributed by atoms with E-state index in [1.54, 1.807) is 0 Å². The molecule has 0 saturated carbocycles. The molecule has 0 amide bonds. The number of rotatable bonds is 1. The molecule has 0 rings (SSSR count). The van der Waals surface area contributed by atoms with Gasteiger partial charge in [-0.15, -0.1) is 0 Å². The fourth-order valence-corrected chi connectivity index (χ4v) is 0. The van der Waals surface area contributed by atoms with E-state index in [4.69, 9.17) is 5.40 Å². The minimum absolute atomic E-state index is 0.171. The normalized spacial score (nSPS) is 10.0. The Morgan fingerprint density at radius 2 is 2.20 bits per heavy atom. The van der Waals surface area contributed by atoms with Gasteiger partial charge >= 0.3 is 0 Å². The van der Waals surface area contributed by atoms with Crippen LogP contribution < -0.4 is 5.40 Å². The van der Waals surface area contributed by atoms with Crippen molar-refractivity contribution in [3.05, 3.63) is 0 Å². The lowest BCUT2D eigenvalue weighted by molar-refractivity contribution is -0.110. The van der Waals surface area contributed by atoms with Crippen LogP contribution in [-0.2, 0) is 4.79 Å². The van der Waals surface area contributed by atoms with Crippen molar-refractivity contribution in [2.75, 3.05) is 0 Å². The van der Waals surface area contributed by atoms with E-state index in [2.05, 4.69) is 0 Å². The van der Waals surface area contributed by atoms with Gasteiger partial charge in [0.2, 0.25) is 0 Å². The molecule has 0 aromatic heterocycles. The molecular formula is C2H7NOSi. The van der Waals surface area contributed by atoms with Crippen LogP contribution >= 0.6 is 0 Å². The van der Waals surface area contributed by atoms with Gasteiger partial charge in [0.1, 0.15) is 5.41 Å². The molecular weight excluding hydrogens is 82.1 g/mol. The molecule has 3 heteroatoms. The highest BCUT2D eigenvalue weighted by Crippen LogP contribution is 1.47. The Hall–Kier alpha value is -0.153. The third-order valence-corrected chi connectivity index (χ3v) is 0.862. The summed E-state index contributed by atoms with van der Waals surface area (Å²) in [5, 5.41) is 5.13. The topological polar surface area (TPSA) is 43.1 Å². The van der Waals surface area contributed by atoms with E-state index in [-0.39, 0.29) is 5.41 Å². The van der Waals surface area contributed by atoms with Crippen LogP contribution in [0.4, 0.5) is 0 Å². The van der Waals surface area contributed by atoms with E-state index in [0.29, 0.717) is 0 Å². The summed E-state index contributed by atoms with van der Waals surface area (Å²) in [4.78, 5) is 9.75. The van der Waals surface area contributed by atoms with E-state index in [1.165, 1.54) is 6.92 Å². The maximum atomic E-state index is 9.75. The summed E-state index contributed by atoms with van der Waals surface area (Å²) in [6.45, 7) is 1.52.